The van der Waals surface area contributed by atoms with Gasteiger partial charge < -0.3 is 18.5 Å². The molecular formula is C25H32N4O6S. The van der Waals surface area contributed by atoms with Gasteiger partial charge in [0.1, 0.15) is 11.3 Å². The first-order valence-electron chi connectivity index (χ1n) is 12.2. The average molecular weight is 517 g/mol. The first kappa shape index (κ1) is 24.9. The van der Waals surface area contributed by atoms with Crippen LogP contribution in [-0.2, 0) is 28.4 Å². The molecule has 11 heteroatoms. The standard InChI is InChI=1S/C25H32N4O6S/c1-27-16-22(19-3-6-26-23(13-19)34-17-18-4-11-33-12-5-18)24-21(25(27)30)14-20(35-24)15-28-7-9-29(10-8-28)36(2,31)32/h3,6,13-14,16,18H,4-5,7-12,15,17H2,1-2H3. The van der Waals surface area contributed by atoms with Crippen molar-refractivity contribution in [1.29, 1.82) is 0 Å². The van der Waals surface area contributed by atoms with Crippen molar-refractivity contribution in [3.8, 4) is 17.0 Å². The summed E-state index contributed by atoms with van der Waals surface area (Å²) >= 11 is 0. The lowest BCUT2D eigenvalue weighted by atomic mass is 10.0. The quantitative estimate of drug-likeness (QED) is 0.470. The molecule has 0 bridgehead atoms. The minimum atomic E-state index is -3.19. The normalized spacial score (nSPS) is 18.6. The highest BCUT2D eigenvalue weighted by atomic mass is 32.2. The van der Waals surface area contributed by atoms with E-state index in [0.29, 0.717) is 67.9 Å². The zero-order valence-electron chi connectivity index (χ0n) is 20.7. The Labute approximate surface area is 210 Å². The van der Waals surface area contributed by atoms with Crippen molar-refractivity contribution in [3.05, 3.63) is 46.7 Å². The molecule has 0 unspecified atom stereocenters. The first-order chi connectivity index (χ1) is 17.3. The molecule has 3 aromatic rings. The Morgan fingerprint density at radius 3 is 2.61 bits per heavy atom. The van der Waals surface area contributed by atoms with Gasteiger partial charge in [-0.2, -0.15) is 4.31 Å². The maximum absolute atomic E-state index is 12.9. The maximum atomic E-state index is 12.9. The number of aryl methyl sites for hydroxylation is 1. The summed E-state index contributed by atoms with van der Waals surface area (Å²) in [6.45, 7) is 4.74. The molecule has 3 aromatic heterocycles. The highest BCUT2D eigenvalue weighted by Crippen LogP contribution is 2.31. The summed E-state index contributed by atoms with van der Waals surface area (Å²) in [6, 6.07) is 5.56. The summed E-state index contributed by atoms with van der Waals surface area (Å²) in [5.74, 6) is 1.67. The van der Waals surface area contributed by atoms with Crippen molar-refractivity contribution in [2.75, 3.05) is 52.3 Å². The Morgan fingerprint density at radius 1 is 1.14 bits per heavy atom. The van der Waals surface area contributed by atoms with Gasteiger partial charge in [0.2, 0.25) is 15.9 Å². The predicted octanol–water partition coefficient (Wildman–Crippen LogP) is 2.08. The van der Waals surface area contributed by atoms with Crippen molar-refractivity contribution in [2.45, 2.75) is 19.4 Å². The fourth-order valence-corrected chi connectivity index (χ4v) is 5.62. The van der Waals surface area contributed by atoms with Crippen LogP contribution in [0.3, 0.4) is 0 Å². The van der Waals surface area contributed by atoms with Gasteiger partial charge in [-0.05, 0) is 36.5 Å². The van der Waals surface area contributed by atoms with Crippen LogP contribution >= 0.6 is 0 Å². The zero-order chi connectivity index (χ0) is 25.3. The number of piperazine rings is 1. The van der Waals surface area contributed by atoms with E-state index < -0.39 is 10.0 Å². The van der Waals surface area contributed by atoms with Crippen molar-refractivity contribution < 1.29 is 22.3 Å². The summed E-state index contributed by atoms with van der Waals surface area (Å²) in [6.07, 6.45) is 6.69. The smallest absolute Gasteiger partial charge is 0.261 e. The lowest BCUT2D eigenvalue weighted by Gasteiger charge is -2.32. The molecular weight excluding hydrogens is 484 g/mol. The van der Waals surface area contributed by atoms with Crippen LogP contribution in [0.15, 0.2) is 39.8 Å². The number of rotatable bonds is 7. The number of fused-ring (bicyclic) bond motifs is 1. The van der Waals surface area contributed by atoms with Crippen LogP contribution in [0.1, 0.15) is 18.6 Å². The van der Waals surface area contributed by atoms with E-state index in [2.05, 4.69) is 9.88 Å². The van der Waals surface area contributed by atoms with Crippen molar-refractivity contribution in [1.82, 2.24) is 18.8 Å². The van der Waals surface area contributed by atoms with E-state index in [-0.39, 0.29) is 5.56 Å². The van der Waals surface area contributed by atoms with Crippen LogP contribution in [0.4, 0.5) is 0 Å². The number of hydrogen-bond donors (Lipinski definition) is 0. The molecule has 0 saturated carbocycles. The fraction of sp³-hybridized carbons (Fsp3) is 0.520. The third-order valence-corrected chi connectivity index (χ3v) is 8.24. The molecule has 0 radical (unpaired) electrons. The zero-order valence-corrected chi connectivity index (χ0v) is 21.5. The van der Waals surface area contributed by atoms with E-state index in [0.717, 1.165) is 37.2 Å². The Hall–Kier alpha value is -2.73. The van der Waals surface area contributed by atoms with Gasteiger partial charge in [0.15, 0.2) is 0 Å². The number of furan rings is 1. The summed E-state index contributed by atoms with van der Waals surface area (Å²) in [5.41, 5.74) is 2.05. The number of aromatic nitrogens is 2. The fourth-order valence-electron chi connectivity index (χ4n) is 4.80. The molecule has 0 amide bonds. The maximum Gasteiger partial charge on any atom is 0.261 e. The molecule has 5 rings (SSSR count). The predicted molar refractivity (Wildman–Crippen MR) is 135 cm³/mol. The largest absolute Gasteiger partial charge is 0.477 e. The summed E-state index contributed by atoms with van der Waals surface area (Å²) in [5, 5.41) is 0.515. The van der Waals surface area contributed by atoms with E-state index >= 15 is 0 Å². The molecule has 0 spiro atoms. The summed E-state index contributed by atoms with van der Waals surface area (Å²) in [4.78, 5) is 19.4. The third-order valence-electron chi connectivity index (χ3n) is 6.93. The minimum absolute atomic E-state index is 0.129. The van der Waals surface area contributed by atoms with Crippen LogP contribution in [0.25, 0.3) is 22.1 Å². The number of nitrogens with zero attached hydrogens (tertiary/aromatic N) is 4. The minimum Gasteiger partial charge on any atom is -0.477 e. The van der Waals surface area contributed by atoms with Gasteiger partial charge in [0.25, 0.3) is 5.56 Å². The molecule has 0 aliphatic carbocycles. The molecule has 0 aromatic carbocycles. The Bertz CT molecular complexity index is 1390. The Kier molecular flexibility index (Phi) is 7.16. The number of ether oxygens (including phenoxy) is 2. The monoisotopic (exact) mass is 516 g/mol. The van der Waals surface area contributed by atoms with E-state index in [4.69, 9.17) is 13.9 Å². The van der Waals surface area contributed by atoms with E-state index in [9.17, 15) is 13.2 Å². The van der Waals surface area contributed by atoms with E-state index in [1.54, 1.807) is 30.1 Å². The molecule has 0 atom stereocenters. The molecule has 2 saturated heterocycles. The van der Waals surface area contributed by atoms with E-state index in [1.165, 1.54) is 10.6 Å². The number of pyridine rings is 2. The molecule has 10 nitrogen and oxygen atoms in total. The SMILES string of the molecule is Cn1cc(-c2ccnc(OCC3CCOCC3)c2)c2oc(CN3CCN(S(C)(=O)=O)CC3)cc2c1=O. The molecule has 36 heavy (non-hydrogen) atoms. The third kappa shape index (κ3) is 5.49. The van der Waals surface area contributed by atoms with Crippen molar-refractivity contribution in [2.24, 2.45) is 13.0 Å². The van der Waals surface area contributed by atoms with Gasteiger partial charge in [-0.15, -0.1) is 0 Å². The second kappa shape index (κ2) is 10.3. The van der Waals surface area contributed by atoms with Crippen LogP contribution in [0, 0.1) is 5.92 Å². The highest BCUT2D eigenvalue weighted by molar-refractivity contribution is 7.88. The van der Waals surface area contributed by atoms with Crippen molar-refractivity contribution in [3.63, 3.8) is 0 Å². The van der Waals surface area contributed by atoms with E-state index in [1.807, 2.05) is 12.1 Å². The summed E-state index contributed by atoms with van der Waals surface area (Å²) < 4.78 is 44.3. The lowest BCUT2D eigenvalue weighted by molar-refractivity contribution is 0.0490. The van der Waals surface area contributed by atoms with Crippen LogP contribution in [-0.4, -0.2) is 79.4 Å². The van der Waals surface area contributed by atoms with Gasteiger partial charge in [0, 0.05) is 70.5 Å². The van der Waals surface area contributed by atoms with Gasteiger partial charge in [0.05, 0.1) is 24.8 Å². The molecule has 2 aliphatic rings. The Morgan fingerprint density at radius 2 is 1.89 bits per heavy atom. The molecule has 2 aliphatic heterocycles. The summed E-state index contributed by atoms with van der Waals surface area (Å²) in [7, 11) is -1.46. The van der Waals surface area contributed by atoms with Gasteiger partial charge >= 0.3 is 0 Å². The number of sulfonamides is 1. The lowest BCUT2D eigenvalue weighted by Crippen LogP contribution is -2.47. The molecule has 5 heterocycles. The Balaban J connectivity index is 1.37. The average Bonchev–Trinajstić information content (AvgIpc) is 3.29. The van der Waals surface area contributed by atoms with Crippen LogP contribution < -0.4 is 10.3 Å². The topological polar surface area (TPSA) is 107 Å². The number of hydrogen-bond acceptors (Lipinski definition) is 8. The molecule has 2 fully saturated rings. The van der Waals surface area contributed by atoms with Gasteiger partial charge in [-0.1, -0.05) is 0 Å². The van der Waals surface area contributed by atoms with Crippen molar-refractivity contribution >= 4 is 21.0 Å². The second-order valence-electron chi connectivity index (χ2n) is 9.60. The molecule has 194 valence electrons. The second-order valence-corrected chi connectivity index (χ2v) is 11.6. The molecule has 0 N–H and O–H groups in total. The van der Waals surface area contributed by atoms with Gasteiger partial charge in [-0.25, -0.2) is 13.4 Å². The first-order valence-corrected chi connectivity index (χ1v) is 14.1. The van der Waals surface area contributed by atoms with Gasteiger partial charge in [-0.3, -0.25) is 9.69 Å². The van der Waals surface area contributed by atoms with Crippen LogP contribution in [0.2, 0.25) is 0 Å². The van der Waals surface area contributed by atoms with Crippen LogP contribution in [0.5, 0.6) is 5.88 Å². The highest BCUT2D eigenvalue weighted by Gasteiger charge is 2.25.